The first-order valence-electron chi connectivity index (χ1n) is 6.79. The van der Waals surface area contributed by atoms with E-state index in [1.807, 2.05) is 36.9 Å². The van der Waals surface area contributed by atoms with Gasteiger partial charge in [-0.15, -0.1) is 0 Å². The SMILES string of the molecule is CCOC1CCCN(C(=O)c2cc(C)ccc2Br)C1. The molecule has 0 spiro atoms. The summed E-state index contributed by atoms with van der Waals surface area (Å²) in [7, 11) is 0. The van der Waals surface area contributed by atoms with E-state index in [-0.39, 0.29) is 12.0 Å². The van der Waals surface area contributed by atoms with E-state index in [0.29, 0.717) is 13.2 Å². The molecule has 0 aliphatic carbocycles. The van der Waals surface area contributed by atoms with E-state index in [4.69, 9.17) is 4.74 Å². The number of rotatable bonds is 3. The van der Waals surface area contributed by atoms with E-state index in [1.54, 1.807) is 0 Å². The van der Waals surface area contributed by atoms with Crippen molar-refractivity contribution in [2.45, 2.75) is 32.8 Å². The predicted octanol–water partition coefficient (Wildman–Crippen LogP) is 3.40. The van der Waals surface area contributed by atoms with E-state index in [0.717, 1.165) is 35.0 Å². The molecule has 1 aromatic carbocycles. The smallest absolute Gasteiger partial charge is 0.255 e. The molecule has 1 heterocycles. The lowest BCUT2D eigenvalue weighted by Gasteiger charge is -2.32. The van der Waals surface area contributed by atoms with Gasteiger partial charge in [0.1, 0.15) is 0 Å². The molecule has 1 aromatic rings. The number of carbonyl (C=O) groups is 1. The average Bonchev–Trinajstić information content (AvgIpc) is 2.41. The molecule has 2 rings (SSSR count). The number of carbonyl (C=O) groups excluding carboxylic acids is 1. The molecule has 4 heteroatoms. The van der Waals surface area contributed by atoms with Gasteiger partial charge in [0.05, 0.1) is 11.7 Å². The summed E-state index contributed by atoms with van der Waals surface area (Å²) < 4.78 is 6.51. The summed E-state index contributed by atoms with van der Waals surface area (Å²) >= 11 is 3.46. The molecular weight excluding hydrogens is 306 g/mol. The van der Waals surface area contributed by atoms with Crippen molar-refractivity contribution in [3.05, 3.63) is 33.8 Å². The normalized spacial score (nSPS) is 19.5. The third-order valence-corrected chi connectivity index (χ3v) is 4.11. The summed E-state index contributed by atoms with van der Waals surface area (Å²) in [4.78, 5) is 14.5. The average molecular weight is 326 g/mol. The molecule has 1 atom stereocenters. The number of hydrogen-bond donors (Lipinski definition) is 0. The number of aryl methyl sites for hydroxylation is 1. The van der Waals surface area contributed by atoms with Crippen molar-refractivity contribution >= 4 is 21.8 Å². The Morgan fingerprint density at radius 1 is 1.53 bits per heavy atom. The van der Waals surface area contributed by atoms with E-state index in [1.165, 1.54) is 0 Å². The van der Waals surface area contributed by atoms with Crippen LogP contribution in [-0.2, 0) is 4.74 Å². The lowest BCUT2D eigenvalue weighted by Crippen LogP contribution is -2.43. The molecule has 0 N–H and O–H groups in total. The van der Waals surface area contributed by atoms with Gasteiger partial charge in [-0.1, -0.05) is 11.6 Å². The largest absolute Gasteiger partial charge is 0.377 e. The quantitative estimate of drug-likeness (QED) is 0.852. The Kier molecular flexibility index (Phi) is 4.99. The van der Waals surface area contributed by atoms with Crippen molar-refractivity contribution < 1.29 is 9.53 Å². The Morgan fingerprint density at radius 3 is 3.05 bits per heavy atom. The van der Waals surface area contributed by atoms with Crippen LogP contribution in [0.15, 0.2) is 22.7 Å². The summed E-state index contributed by atoms with van der Waals surface area (Å²) in [6, 6.07) is 5.88. The van der Waals surface area contributed by atoms with Crippen molar-refractivity contribution in [1.82, 2.24) is 4.90 Å². The molecule has 1 aliphatic rings. The summed E-state index contributed by atoms with van der Waals surface area (Å²) in [5, 5.41) is 0. The summed E-state index contributed by atoms with van der Waals surface area (Å²) in [5.41, 5.74) is 1.85. The number of amides is 1. The predicted molar refractivity (Wildman–Crippen MR) is 79.4 cm³/mol. The minimum Gasteiger partial charge on any atom is -0.377 e. The number of benzene rings is 1. The van der Waals surface area contributed by atoms with E-state index in [9.17, 15) is 4.79 Å². The fourth-order valence-corrected chi connectivity index (χ4v) is 2.88. The van der Waals surface area contributed by atoms with Crippen molar-refractivity contribution in [1.29, 1.82) is 0 Å². The van der Waals surface area contributed by atoms with Crippen LogP contribution in [0, 0.1) is 6.92 Å². The highest BCUT2D eigenvalue weighted by molar-refractivity contribution is 9.10. The maximum Gasteiger partial charge on any atom is 0.255 e. The Labute approximate surface area is 123 Å². The standard InChI is InChI=1S/C15H20BrNO2/c1-3-19-12-5-4-8-17(10-12)15(18)13-9-11(2)6-7-14(13)16/h6-7,9,12H,3-5,8,10H2,1-2H3. The third kappa shape index (κ3) is 3.57. The minimum atomic E-state index is 0.0972. The zero-order valence-corrected chi connectivity index (χ0v) is 13.1. The van der Waals surface area contributed by atoms with Gasteiger partial charge in [0.15, 0.2) is 0 Å². The van der Waals surface area contributed by atoms with Crippen LogP contribution in [0.25, 0.3) is 0 Å². The minimum absolute atomic E-state index is 0.0972. The number of hydrogen-bond acceptors (Lipinski definition) is 2. The molecule has 0 radical (unpaired) electrons. The van der Waals surface area contributed by atoms with E-state index < -0.39 is 0 Å². The topological polar surface area (TPSA) is 29.5 Å². The molecule has 0 saturated carbocycles. The van der Waals surface area contributed by atoms with Gasteiger partial charge >= 0.3 is 0 Å². The van der Waals surface area contributed by atoms with Crippen LogP contribution >= 0.6 is 15.9 Å². The highest BCUT2D eigenvalue weighted by atomic mass is 79.9. The molecule has 3 nitrogen and oxygen atoms in total. The van der Waals surface area contributed by atoms with Gasteiger partial charge in [0.25, 0.3) is 5.91 Å². The van der Waals surface area contributed by atoms with Gasteiger partial charge in [0.2, 0.25) is 0 Å². The summed E-state index contributed by atoms with van der Waals surface area (Å²) in [6.07, 6.45) is 2.25. The molecular formula is C15H20BrNO2. The molecule has 1 fully saturated rings. The number of likely N-dealkylation sites (tertiary alicyclic amines) is 1. The second-order valence-electron chi connectivity index (χ2n) is 4.95. The summed E-state index contributed by atoms with van der Waals surface area (Å²) in [5.74, 6) is 0.0972. The van der Waals surface area contributed by atoms with Crippen LogP contribution in [0.1, 0.15) is 35.7 Å². The number of ether oxygens (including phenoxy) is 1. The van der Waals surface area contributed by atoms with Crippen molar-refractivity contribution in [2.75, 3.05) is 19.7 Å². The molecule has 19 heavy (non-hydrogen) atoms. The molecule has 104 valence electrons. The molecule has 1 amide bonds. The monoisotopic (exact) mass is 325 g/mol. The van der Waals surface area contributed by atoms with E-state index >= 15 is 0 Å². The van der Waals surface area contributed by atoms with Gasteiger partial charge in [-0.2, -0.15) is 0 Å². The fraction of sp³-hybridized carbons (Fsp3) is 0.533. The highest BCUT2D eigenvalue weighted by Gasteiger charge is 2.25. The lowest BCUT2D eigenvalue weighted by molar-refractivity contribution is 0.00721. The number of piperidine rings is 1. The molecule has 0 bridgehead atoms. The molecule has 1 saturated heterocycles. The zero-order chi connectivity index (χ0) is 13.8. The van der Waals surface area contributed by atoms with Gasteiger partial charge in [-0.3, -0.25) is 4.79 Å². The fourth-order valence-electron chi connectivity index (χ4n) is 2.47. The maximum absolute atomic E-state index is 12.6. The first-order valence-corrected chi connectivity index (χ1v) is 7.58. The Bertz CT molecular complexity index is 459. The zero-order valence-electron chi connectivity index (χ0n) is 11.5. The van der Waals surface area contributed by atoms with E-state index in [2.05, 4.69) is 15.9 Å². The van der Waals surface area contributed by atoms with Crippen LogP contribution in [0.5, 0.6) is 0 Å². The highest BCUT2D eigenvalue weighted by Crippen LogP contribution is 2.22. The molecule has 0 aromatic heterocycles. The Balaban J connectivity index is 2.12. The van der Waals surface area contributed by atoms with Crippen molar-refractivity contribution in [3.8, 4) is 0 Å². The van der Waals surface area contributed by atoms with Crippen LogP contribution in [0.2, 0.25) is 0 Å². The van der Waals surface area contributed by atoms with Gasteiger partial charge < -0.3 is 9.64 Å². The van der Waals surface area contributed by atoms with Crippen LogP contribution < -0.4 is 0 Å². The number of halogens is 1. The lowest BCUT2D eigenvalue weighted by atomic mass is 10.1. The van der Waals surface area contributed by atoms with Crippen molar-refractivity contribution in [3.63, 3.8) is 0 Å². The summed E-state index contributed by atoms with van der Waals surface area (Å²) in [6.45, 7) is 6.23. The van der Waals surface area contributed by atoms with Crippen LogP contribution in [0.4, 0.5) is 0 Å². The molecule has 1 unspecified atom stereocenters. The third-order valence-electron chi connectivity index (χ3n) is 3.42. The van der Waals surface area contributed by atoms with Crippen LogP contribution in [-0.4, -0.2) is 36.6 Å². The first kappa shape index (κ1) is 14.5. The van der Waals surface area contributed by atoms with Gasteiger partial charge in [-0.25, -0.2) is 0 Å². The van der Waals surface area contributed by atoms with Crippen LogP contribution in [0.3, 0.4) is 0 Å². The first-order chi connectivity index (χ1) is 9.11. The maximum atomic E-state index is 12.6. The number of nitrogens with zero attached hydrogens (tertiary/aromatic N) is 1. The van der Waals surface area contributed by atoms with Gasteiger partial charge in [0, 0.05) is 24.2 Å². The Hall–Kier alpha value is -0.870. The van der Waals surface area contributed by atoms with Crippen molar-refractivity contribution in [2.24, 2.45) is 0 Å². The Morgan fingerprint density at radius 2 is 2.32 bits per heavy atom. The second kappa shape index (κ2) is 6.53. The van der Waals surface area contributed by atoms with Gasteiger partial charge in [-0.05, 0) is 54.8 Å². The second-order valence-corrected chi connectivity index (χ2v) is 5.81. The molecule has 1 aliphatic heterocycles.